The first-order valence-corrected chi connectivity index (χ1v) is 8.82. The average Bonchev–Trinajstić information content (AvgIpc) is 2.59. The van der Waals surface area contributed by atoms with Gasteiger partial charge in [-0.2, -0.15) is 0 Å². The summed E-state index contributed by atoms with van der Waals surface area (Å²) in [5.41, 5.74) is 3.88. The first kappa shape index (κ1) is 17.4. The van der Waals surface area contributed by atoms with Gasteiger partial charge in [-0.3, -0.25) is 0 Å². The van der Waals surface area contributed by atoms with Gasteiger partial charge < -0.3 is 14.4 Å². The molecule has 1 unspecified atom stereocenters. The number of hydrogen-bond acceptors (Lipinski definition) is 2. The Balaban J connectivity index is 1.85. The van der Waals surface area contributed by atoms with E-state index in [0.717, 1.165) is 31.0 Å². The molecule has 1 aliphatic heterocycles. The van der Waals surface area contributed by atoms with Gasteiger partial charge in [0.1, 0.15) is 12.6 Å². The van der Waals surface area contributed by atoms with Crippen LogP contribution in [0.15, 0.2) is 30.3 Å². The molecule has 3 nitrogen and oxygen atoms in total. The number of benzene rings is 2. The van der Waals surface area contributed by atoms with E-state index in [9.17, 15) is 0 Å². The normalized spacial score (nSPS) is 19.7. The van der Waals surface area contributed by atoms with Gasteiger partial charge in [-0.25, -0.2) is 0 Å². The second-order valence-corrected chi connectivity index (χ2v) is 7.03. The van der Waals surface area contributed by atoms with Crippen LogP contribution < -0.4 is 14.4 Å². The van der Waals surface area contributed by atoms with Gasteiger partial charge in [0.25, 0.3) is 0 Å². The van der Waals surface area contributed by atoms with Crippen LogP contribution >= 0.6 is 23.2 Å². The van der Waals surface area contributed by atoms with Gasteiger partial charge in [0.05, 0.1) is 30.8 Å². The smallest absolute Gasteiger partial charge is 0.161 e. The molecule has 0 saturated heterocycles. The fourth-order valence-corrected chi connectivity index (χ4v) is 3.76. The maximum absolute atomic E-state index is 6.15. The summed E-state index contributed by atoms with van der Waals surface area (Å²) < 4.78 is 10.9. The van der Waals surface area contributed by atoms with E-state index in [1.165, 1.54) is 21.6 Å². The monoisotopic (exact) mass is 366 g/mol. The van der Waals surface area contributed by atoms with Gasteiger partial charge in [-0.1, -0.05) is 29.3 Å². The Kier molecular flexibility index (Phi) is 5.24. The third kappa shape index (κ3) is 3.34. The van der Waals surface area contributed by atoms with Crippen molar-refractivity contribution in [2.24, 2.45) is 0 Å². The maximum atomic E-state index is 6.15. The van der Waals surface area contributed by atoms with Crippen LogP contribution in [0.5, 0.6) is 11.5 Å². The largest absolute Gasteiger partial charge is 0.493 e. The summed E-state index contributed by atoms with van der Waals surface area (Å²) in [6, 6.07) is 10.5. The second kappa shape index (κ2) is 7.22. The average molecular weight is 367 g/mol. The summed E-state index contributed by atoms with van der Waals surface area (Å²) in [4.78, 5) is 1.51. The Morgan fingerprint density at radius 2 is 1.75 bits per heavy atom. The Morgan fingerprint density at radius 3 is 2.42 bits per heavy atom. The van der Waals surface area contributed by atoms with Crippen molar-refractivity contribution < 1.29 is 14.4 Å². The molecular weight excluding hydrogens is 345 g/mol. The number of rotatable bonds is 4. The fraction of sp³-hybridized carbons (Fsp3) is 0.368. The summed E-state index contributed by atoms with van der Waals surface area (Å²) >= 11 is 12.2. The van der Waals surface area contributed by atoms with Crippen LogP contribution in [0.2, 0.25) is 10.0 Å². The molecule has 5 heteroatoms. The van der Waals surface area contributed by atoms with Crippen molar-refractivity contribution in [3.05, 3.63) is 57.1 Å². The molecule has 0 fully saturated rings. The number of quaternary nitrogens is 1. The first-order chi connectivity index (χ1) is 11.5. The third-order valence-corrected chi connectivity index (χ3v) is 5.59. The number of fused-ring (bicyclic) bond motifs is 1. The van der Waals surface area contributed by atoms with E-state index in [1.807, 2.05) is 12.1 Å². The zero-order chi connectivity index (χ0) is 17.3. The summed E-state index contributed by atoms with van der Waals surface area (Å²) in [5.74, 6) is 1.59. The molecule has 2 atom stereocenters. The van der Waals surface area contributed by atoms with Crippen molar-refractivity contribution in [2.45, 2.75) is 25.9 Å². The standard InChI is InChI=1S/C19H21Cl2NO2/c1-12-15-10-19(24-3)18(23-2)9-14(15)6-7-22(12)11-13-4-5-16(20)17(21)8-13/h4-5,8-10,12H,6-7,11H2,1-3H3/p+1/t12-/m1/s1. The summed E-state index contributed by atoms with van der Waals surface area (Å²) in [7, 11) is 3.36. The zero-order valence-electron chi connectivity index (χ0n) is 14.2. The zero-order valence-corrected chi connectivity index (χ0v) is 15.7. The van der Waals surface area contributed by atoms with Gasteiger partial charge in [0, 0.05) is 17.5 Å². The van der Waals surface area contributed by atoms with E-state index in [-0.39, 0.29) is 0 Å². The molecule has 0 spiro atoms. The highest BCUT2D eigenvalue weighted by Gasteiger charge is 2.29. The molecule has 24 heavy (non-hydrogen) atoms. The number of nitrogens with one attached hydrogen (secondary N) is 1. The first-order valence-electron chi connectivity index (χ1n) is 8.06. The van der Waals surface area contributed by atoms with Crippen LogP contribution in [0, 0.1) is 0 Å². The lowest BCUT2D eigenvalue weighted by atomic mass is 9.92. The molecule has 0 aromatic heterocycles. The van der Waals surface area contributed by atoms with Crippen LogP contribution in [0.25, 0.3) is 0 Å². The Bertz CT molecular complexity index is 748. The summed E-state index contributed by atoms with van der Waals surface area (Å²) in [6.07, 6.45) is 1.02. The van der Waals surface area contributed by atoms with E-state index in [2.05, 4.69) is 25.1 Å². The highest BCUT2D eigenvalue weighted by Crippen LogP contribution is 2.34. The quantitative estimate of drug-likeness (QED) is 0.890. The Hall–Kier alpha value is -1.42. The predicted molar refractivity (Wildman–Crippen MR) is 97.7 cm³/mol. The van der Waals surface area contributed by atoms with Crippen LogP contribution in [-0.2, 0) is 13.0 Å². The van der Waals surface area contributed by atoms with Crippen molar-refractivity contribution >= 4 is 23.2 Å². The van der Waals surface area contributed by atoms with Gasteiger partial charge in [-0.05, 0) is 36.8 Å². The number of methoxy groups -OCH3 is 2. The van der Waals surface area contributed by atoms with Crippen LogP contribution in [0.4, 0.5) is 0 Å². The van der Waals surface area contributed by atoms with Crippen molar-refractivity contribution in [3.63, 3.8) is 0 Å². The van der Waals surface area contributed by atoms with Crippen LogP contribution in [-0.4, -0.2) is 20.8 Å². The highest BCUT2D eigenvalue weighted by atomic mass is 35.5. The Labute approximate surface area is 153 Å². The number of halogens is 2. The molecule has 2 aromatic rings. The summed E-state index contributed by atoms with van der Waals surface area (Å²) in [6.45, 7) is 4.26. The third-order valence-electron chi connectivity index (χ3n) is 4.85. The lowest BCUT2D eigenvalue weighted by Crippen LogP contribution is -3.11. The molecular formula is C19H22Cl2NO2+. The molecule has 1 aliphatic rings. The van der Waals surface area contributed by atoms with E-state index >= 15 is 0 Å². The van der Waals surface area contributed by atoms with Gasteiger partial charge in [0.15, 0.2) is 11.5 Å². The van der Waals surface area contributed by atoms with E-state index < -0.39 is 0 Å². The minimum absolute atomic E-state index is 0.378. The lowest BCUT2D eigenvalue weighted by Gasteiger charge is -2.33. The molecule has 0 amide bonds. The van der Waals surface area contributed by atoms with E-state index in [4.69, 9.17) is 32.7 Å². The van der Waals surface area contributed by atoms with Gasteiger partial charge in [-0.15, -0.1) is 0 Å². The Morgan fingerprint density at radius 1 is 1.04 bits per heavy atom. The molecule has 0 radical (unpaired) electrons. The topological polar surface area (TPSA) is 22.9 Å². The fourth-order valence-electron chi connectivity index (χ4n) is 3.44. The van der Waals surface area contributed by atoms with E-state index in [1.54, 1.807) is 14.2 Å². The highest BCUT2D eigenvalue weighted by molar-refractivity contribution is 6.42. The summed E-state index contributed by atoms with van der Waals surface area (Å²) in [5, 5.41) is 1.22. The van der Waals surface area contributed by atoms with Crippen molar-refractivity contribution in [1.29, 1.82) is 0 Å². The lowest BCUT2D eigenvalue weighted by molar-refractivity contribution is -0.945. The minimum Gasteiger partial charge on any atom is -0.493 e. The number of ether oxygens (including phenoxy) is 2. The van der Waals surface area contributed by atoms with Crippen LogP contribution in [0.3, 0.4) is 0 Å². The minimum atomic E-state index is 0.378. The van der Waals surface area contributed by atoms with Crippen molar-refractivity contribution in [3.8, 4) is 11.5 Å². The van der Waals surface area contributed by atoms with Gasteiger partial charge in [0.2, 0.25) is 0 Å². The number of hydrogen-bond donors (Lipinski definition) is 1. The predicted octanol–water partition coefficient (Wildman–Crippen LogP) is 3.71. The molecule has 2 aromatic carbocycles. The second-order valence-electron chi connectivity index (χ2n) is 6.21. The molecule has 0 saturated carbocycles. The molecule has 1 heterocycles. The van der Waals surface area contributed by atoms with Crippen molar-refractivity contribution in [2.75, 3.05) is 20.8 Å². The van der Waals surface area contributed by atoms with Crippen LogP contribution in [0.1, 0.15) is 29.7 Å². The SMILES string of the molecule is COc1cc2c(cc1OC)[C@@H](C)[NH+](Cc1ccc(Cl)c(Cl)c1)CC2. The molecule has 128 valence electrons. The molecule has 1 N–H and O–H groups in total. The maximum Gasteiger partial charge on any atom is 0.161 e. The van der Waals surface area contributed by atoms with E-state index in [0.29, 0.717) is 16.1 Å². The molecule has 0 bridgehead atoms. The molecule has 3 rings (SSSR count). The molecule has 0 aliphatic carbocycles. The van der Waals surface area contributed by atoms with Crippen molar-refractivity contribution in [1.82, 2.24) is 0 Å². The van der Waals surface area contributed by atoms with Gasteiger partial charge >= 0.3 is 0 Å².